The van der Waals surface area contributed by atoms with Gasteiger partial charge in [0.15, 0.2) is 0 Å². The molecule has 0 spiro atoms. The minimum Gasteiger partial charge on any atom is -0.377 e. The smallest absolute Gasteiger partial charge is 0.231 e. The van der Waals surface area contributed by atoms with E-state index >= 15 is 0 Å². The predicted molar refractivity (Wildman–Crippen MR) is 27.6 cm³/mol. The standard InChI is InChI=1S/C2H4O.2CHNO/c1-2-3-1;2*2-1-3/h1-2H2;2*2H. The quantitative estimate of drug-likeness (QED) is 0.270. The van der Waals surface area contributed by atoms with E-state index in [0.717, 1.165) is 25.4 Å². The number of rotatable bonds is 0. The Kier molecular flexibility index (Phi) is 18.8. The molecule has 1 aliphatic heterocycles. The highest BCUT2D eigenvalue weighted by Gasteiger charge is 1.94. The van der Waals surface area contributed by atoms with Crippen LogP contribution < -0.4 is 0 Å². The van der Waals surface area contributed by atoms with Crippen LogP contribution in [0.2, 0.25) is 0 Å². The summed E-state index contributed by atoms with van der Waals surface area (Å²) in [6, 6.07) is 0. The molecule has 1 fully saturated rings. The van der Waals surface area contributed by atoms with Crippen LogP contribution in [-0.4, -0.2) is 25.4 Å². The Morgan fingerprint density at radius 2 is 1.22 bits per heavy atom. The second-order valence-corrected chi connectivity index (χ2v) is 0.816. The highest BCUT2D eigenvalue weighted by Crippen LogP contribution is 1.84. The molecule has 5 nitrogen and oxygen atoms in total. The molecule has 0 amide bonds. The number of epoxide rings is 1. The molecule has 0 saturated carbocycles. The fourth-order valence-corrected chi connectivity index (χ4v) is 0. The first-order chi connectivity index (χ1) is 4.33. The zero-order valence-electron chi connectivity index (χ0n) is 4.64. The van der Waals surface area contributed by atoms with Crippen molar-refractivity contribution in [1.82, 2.24) is 0 Å². The molecular weight excluding hydrogens is 124 g/mol. The summed E-state index contributed by atoms with van der Waals surface area (Å²) in [7, 11) is 0. The molecule has 0 aromatic rings. The number of isocyanates is 2. The largest absolute Gasteiger partial charge is 0.377 e. The Bertz CT molecular complexity index is 94.2. The van der Waals surface area contributed by atoms with Crippen LogP contribution in [0.4, 0.5) is 0 Å². The van der Waals surface area contributed by atoms with E-state index in [9.17, 15) is 0 Å². The summed E-state index contributed by atoms with van der Waals surface area (Å²) in [6.07, 6.45) is 1.50. The van der Waals surface area contributed by atoms with Crippen LogP contribution in [0.3, 0.4) is 0 Å². The van der Waals surface area contributed by atoms with Gasteiger partial charge in [-0.25, -0.2) is 20.4 Å². The highest BCUT2D eigenvalue weighted by atomic mass is 16.6. The van der Waals surface area contributed by atoms with Crippen molar-refractivity contribution in [2.24, 2.45) is 0 Å². The third kappa shape index (κ3) is 1910. The molecule has 1 rings (SSSR count). The van der Waals surface area contributed by atoms with Crippen molar-refractivity contribution in [2.45, 2.75) is 0 Å². The van der Waals surface area contributed by atoms with Gasteiger partial charge in [-0.1, -0.05) is 0 Å². The first-order valence-corrected chi connectivity index (χ1v) is 1.99. The normalized spacial score (nSPS) is 9.78. The maximum absolute atomic E-state index is 8.35. The minimum atomic E-state index is 0.750. The molecule has 0 aliphatic carbocycles. The van der Waals surface area contributed by atoms with E-state index in [-0.39, 0.29) is 0 Å². The Morgan fingerprint density at radius 3 is 1.22 bits per heavy atom. The number of ether oxygens (including phenoxy) is 1. The predicted octanol–water partition coefficient (Wildman–Crippen LogP) is -0.181. The van der Waals surface area contributed by atoms with Crippen LogP contribution in [0.5, 0.6) is 0 Å². The molecular formula is C4H6N2O3. The monoisotopic (exact) mass is 130 g/mol. The van der Waals surface area contributed by atoms with Gasteiger partial charge in [-0.2, -0.15) is 0 Å². The number of hydrogen-bond donors (Lipinski definition) is 2. The average Bonchev–Trinajstić information content (AvgIpc) is 2.48. The molecule has 5 heteroatoms. The SMILES string of the molecule is C1CO1.N=C=O.N=C=O. The van der Waals surface area contributed by atoms with E-state index in [1.807, 2.05) is 0 Å². The summed E-state index contributed by atoms with van der Waals surface area (Å²) in [5.41, 5.74) is 0. The maximum Gasteiger partial charge on any atom is 0.231 e. The first kappa shape index (κ1) is 10.7. The summed E-state index contributed by atoms with van der Waals surface area (Å²) >= 11 is 0. The van der Waals surface area contributed by atoms with Gasteiger partial charge in [-0.15, -0.1) is 0 Å². The van der Waals surface area contributed by atoms with Gasteiger partial charge in [-0.05, 0) is 0 Å². The molecule has 9 heavy (non-hydrogen) atoms. The Balaban J connectivity index is 0. The summed E-state index contributed by atoms with van der Waals surface area (Å²) in [6.45, 7) is 2.00. The second kappa shape index (κ2) is 15.9. The van der Waals surface area contributed by atoms with Gasteiger partial charge in [0.2, 0.25) is 12.2 Å². The van der Waals surface area contributed by atoms with Gasteiger partial charge in [0, 0.05) is 0 Å². The van der Waals surface area contributed by atoms with Crippen molar-refractivity contribution < 1.29 is 14.3 Å². The van der Waals surface area contributed by atoms with Gasteiger partial charge in [0.05, 0.1) is 13.2 Å². The third-order valence-corrected chi connectivity index (χ3v) is 0.204. The van der Waals surface area contributed by atoms with E-state index in [2.05, 4.69) is 4.74 Å². The van der Waals surface area contributed by atoms with E-state index < -0.39 is 0 Å². The van der Waals surface area contributed by atoms with Crippen LogP contribution in [0.25, 0.3) is 0 Å². The zero-order valence-corrected chi connectivity index (χ0v) is 4.64. The average molecular weight is 130 g/mol. The molecule has 1 heterocycles. The van der Waals surface area contributed by atoms with Gasteiger partial charge < -0.3 is 4.74 Å². The van der Waals surface area contributed by atoms with Crippen LogP contribution in [0.1, 0.15) is 0 Å². The second-order valence-electron chi connectivity index (χ2n) is 0.816. The highest BCUT2D eigenvalue weighted by molar-refractivity contribution is 5.26. The maximum atomic E-state index is 8.35. The van der Waals surface area contributed by atoms with Crippen LogP contribution >= 0.6 is 0 Å². The molecule has 0 aromatic carbocycles. The number of carbonyl (C=O) groups excluding carboxylic acids is 2. The van der Waals surface area contributed by atoms with E-state index in [1.54, 1.807) is 0 Å². The van der Waals surface area contributed by atoms with Crippen molar-refractivity contribution in [3.63, 3.8) is 0 Å². The van der Waals surface area contributed by atoms with Gasteiger partial charge in [-0.3, -0.25) is 0 Å². The molecule has 2 N–H and O–H groups in total. The molecule has 0 radical (unpaired) electrons. The van der Waals surface area contributed by atoms with Crippen molar-refractivity contribution in [1.29, 1.82) is 10.8 Å². The minimum absolute atomic E-state index is 0.750. The molecule has 0 aromatic heterocycles. The van der Waals surface area contributed by atoms with Gasteiger partial charge in [0.25, 0.3) is 0 Å². The lowest BCUT2D eigenvalue weighted by molar-refractivity contribution is 0.475. The molecule has 1 aliphatic rings. The van der Waals surface area contributed by atoms with Crippen molar-refractivity contribution in [2.75, 3.05) is 13.2 Å². The van der Waals surface area contributed by atoms with Gasteiger partial charge in [0.1, 0.15) is 0 Å². The Labute approximate surface area is 51.6 Å². The lowest BCUT2D eigenvalue weighted by atomic mass is 11.0. The van der Waals surface area contributed by atoms with Crippen molar-refractivity contribution in [3.8, 4) is 0 Å². The summed E-state index contributed by atoms with van der Waals surface area (Å²) in [5.74, 6) is 0. The zero-order chi connectivity index (χ0) is 7.54. The van der Waals surface area contributed by atoms with E-state index in [1.165, 1.54) is 0 Å². The topological polar surface area (TPSA) is 94.4 Å². The Morgan fingerprint density at radius 1 is 1.11 bits per heavy atom. The van der Waals surface area contributed by atoms with Crippen LogP contribution in [0.15, 0.2) is 0 Å². The molecule has 0 bridgehead atoms. The molecule has 0 atom stereocenters. The number of hydrogen-bond acceptors (Lipinski definition) is 5. The molecule has 50 valence electrons. The lowest BCUT2D eigenvalue weighted by Crippen LogP contribution is -1.20. The lowest BCUT2D eigenvalue weighted by Gasteiger charge is -1.24. The fourth-order valence-electron chi connectivity index (χ4n) is 0. The fraction of sp³-hybridized carbons (Fsp3) is 0.500. The summed E-state index contributed by atoms with van der Waals surface area (Å²) in [5, 5.41) is 10.8. The van der Waals surface area contributed by atoms with Crippen molar-refractivity contribution in [3.05, 3.63) is 0 Å². The number of nitrogens with one attached hydrogen (secondary N) is 2. The third-order valence-electron chi connectivity index (χ3n) is 0.204. The van der Waals surface area contributed by atoms with Crippen LogP contribution in [-0.2, 0) is 14.3 Å². The van der Waals surface area contributed by atoms with Crippen LogP contribution in [0, 0.1) is 10.8 Å². The van der Waals surface area contributed by atoms with E-state index in [0.29, 0.717) is 0 Å². The van der Waals surface area contributed by atoms with Crippen molar-refractivity contribution >= 4 is 12.2 Å². The first-order valence-electron chi connectivity index (χ1n) is 1.99. The molecule has 0 unspecified atom stereocenters. The molecule has 1 saturated heterocycles. The Hall–Kier alpha value is -1.28. The van der Waals surface area contributed by atoms with Gasteiger partial charge >= 0.3 is 0 Å². The summed E-state index contributed by atoms with van der Waals surface area (Å²) in [4.78, 5) is 16.7. The van der Waals surface area contributed by atoms with E-state index in [4.69, 9.17) is 20.4 Å². The summed E-state index contributed by atoms with van der Waals surface area (Å²) < 4.78 is 4.50.